The van der Waals surface area contributed by atoms with Crippen molar-refractivity contribution in [3.05, 3.63) is 35.1 Å². The molecule has 0 spiro atoms. The van der Waals surface area contributed by atoms with E-state index in [1.807, 2.05) is 0 Å². The van der Waals surface area contributed by atoms with E-state index in [0.29, 0.717) is 11.3 Å². The van der Waals surface area contributed by atoms with Gasteiger partial charge in [-0.25, -0.2) is 4.39 Å². The van der Waals surface area contributed by atoms with Crippen LogP contribution in [0.2, 0.25) is 0 Å². The highest BCUT2D eigenvalue weighted by atomic mass is 32.2. The van der Waals surface area contributed by atoms with Gasteiger partial charge in [-0.15, -0.1) is 0 Å². The molecular weight excluding hydrogens is 263 g/mol. The van der Waals surface area contributed by atoms with Crippen molar-refractivity contribution in [1.82, 2.24) is 4.90 Å². The van der Waals surface area contributed by atoms with Crippen LogP contribution in [0.15, 0.2) is 18.2 Å². The summed E-state index contributed by atoms with van der Waals surface area (Å²) in [4.78, 5) is 2.37. The lowest BCUT2D eigenvalue weighted by Gasteiger charge is -2.26. The van der Waals surface area contributed by atoms with Crippen LogP contribution in [0.3, 0.4) is 0 Å². The summed E-state index contributed by atoms with van der Waals surface area (Å²) in [6.07, 6.45) is 0. The number of benzene rings is 1. The second-order valence-corrected chi connectivity index (χ2v) is 5.53. The molecule has 1 heterocycles. The zero-order valence-corrected chi connectivity index (χ0v) is 11.6. The van der Waals surface area contributed by atoms with Crippen molar-refractivity contribution in [2.45, 2.75) is 5.75 Å². The Morgan fingerprint density at radius 1 is 1.37 bits per heavy atom. The topological polar surface area (TPSA) is 36.3 Å². The van der Waals surface area contributed by atoms with E-state index in [1.165, 1.54) is 12.1 Å². The maximum absolute atomic E-state index is 13.1. The quantitative estimate of drug-likeness (QED) is 0.775. The Kier molecular flexibility index (Phi) is 5.64. The van der Waals surface area contributed by atoms with Gasteiger partial charge < -0.3 is 4.74 Å². The molecule has 1 fully saturated rings. The molecule has 0 aliphatic carbocycles. The Hall–Kier alpha value is -1.09. The summed E-state index contributed by atoms with van der Waals surface area (Å²) in [5.41, 5.74) is 1.36. The third kappa shape index (κ3) is 4.50. The van der Waals surface area contributed by atoms with E-state index in [4.69, 9.17) is 10.00 Å². The van der Waals surface area contributed by atoms with E-state index in [9.17, 15) is 4.39 Å². The van der Waals surface area contributed by atoms with Gasteiger partial charge >= 0.3 is 0 Å². The van der Waals surface area contributed by atoms with Crippen molar-refractivity contribution in [1.29, 1.82) is 5.26 Å². The van der Waals surface area contributed by atoms with Crippen molar-refractivity contribution in [3.63, 3.8) is 0 Å². The molecule has 102 valence electrons. The van der Waals surface area contributed by atoms with E-state index >= 15 is 0 Å². The molecule has 19 heavy (non-hydrogen) atoms. The molecule has 2 rings (SSSR count). The lowest BCUT2D eigenvalue weighted by molar-refractivity contribution is 0.0410. The van der Waals surface area contributed by atoms with Crippen LogP contribution in [-0.4, -0.2) is 43.5 Å². The van der Waals surface area contributed by atoms with Gasteiger partial charge in [0.1, 0.15) is 5.82 Å². The van der Waals surface area contributed by atoms with Crippen LogP contribution in [-0.2, 0) is 10.5 Å². The number of ether oxygens (including phenoxy) is 1. The van der Waals surface area contributed by atoms with E-state index in [0.717, 1.165) is 44.2 Å². The normalized spacial score (nSPS) is 16.2. The summed E-state index contributed by atoms with van der Waals surface area (Å²) in [6.45, 7) is 4.62. The molecular formula is C14H17FN2OS. The summed E-state index contributed by atoms with van der Waals surface area (Å²) in [6, 6.07) is 6.45. The fraction of sp³-hybridized carbons (Fsp3) is 0.500. The number of nitrogens with zero attached hydrogens (tertiary/aromatic N) is 2. The van der Waals surface area contributed by atoms with E-state index in [1.54, 1.807) is 17.8 Å². The Labute approximate surface area is 117 Å². The minimum absolute atomic E-state index is 0.275. The maximum Gasteiger partial charge on any atom is 0.123 e. The molecule has 5 heteroatoms. The molecule has 1 aliphatic heterocycles. The number of morpholine rings is 1. The Bertz CT molecular complexity index is 455. The third-order valence-electron chi connectivity index (χ3n) is 3.10. The van der Waals surface area contributed by atoms with Crippen LogP contribution in [0.1, 0.15) is 11.1 Å². The monoisotopic (exact) mass is 280 g/mol. The molecule has 0 unspecified atom stereocenters. The van der Waals surface area contributed by atoms with Crippen molar-refractivity contribution in [2.24, 2.45) is 0 Å². The first-order valence-electron chi connectivity index (χ1n) is 6.36. The van der Waals surface area contributed by atoms with Crippen LogP contribution < -0.4 is 0 Å². The minimum Gasteiger partial charge on any atom is -0.379 e. The van der Waals surface area contributed by atoms with E-state index < -0.39 is 0 Å². The number of rotatable bonds is 5. The van der Waals surface area contributed by atoms with Gasteiger partial charge in [-0.1, -0.05) is 0 Å². The molecule has 3 nitrogen and oxygen atoms in total. The molecule has 1 aromatic rings. The lowest BCUT2D eigenvalue weighted by atomic mass is 10.1. The maximum atomic E-state index is 13.1. The molecule has 1 aliphatic rings. The number of nitriles is 1. The molecule has 0 atom stereocenters. The van der Waals surface area contributed by atoms with Crippen LogP contribution in [0.5, 0.6) is 0 Å². The zero-order chi connectivity index (χ0) is 13.5. The van der Waals surface area contributed by atoms with Gasteiger partial charge in [-0.3, -0.25) is 4.90 Å². The first-order valence-corrected chi connectivity index (χ1v) is 7.51. The summed E-state index contributed by atoms with van der Waals surface area (Å²) in [5, 5.41) is 8.97. The molecule has 1 saturated heterocycles. The smallest absolute Gasteiger partial charge is 0.123 e. The third-order valence-corrected chi connectivity index (χ3v) is 4.09. The van der Waals surface area contributed by atoms with Gasteiger partial charge in [0.05, 0.1) is 24.8 Å². The fourth-order valence-corrected chi connectivity index (χ4v) is 2.98. The molecule has 0 aromatic heterocycles. The Morgan fingerprint density at radius 3 is 2.89 bits per heavy atom. The minimum atomic E-state index is -0.275. The van der Waals surface area contributed by atoms with Crippen LogP contribution in [0, 0.1) is 17.1 Å². The largest absolute Gasteiger partial charge is 0.379 e. The second-order valence-electron chi connectivity index (χ2n) is 4.42. The Balaban J connectivity index is 1.76. The number of thioether (sulfide) groups is 1. The molecule has 0 radical (unpaired) electrons. The van der Waals surface area contributed by atoms with Crippen molar-refractivity contribution >= 4 is 11.8 Å². The highest BCUT2D eigenvalue weighted by Gasteiger charge is 2.10. The average molecular weight is 280 g/mol. The van der Waals surface area contributed by atoms with Gasteiger partial charge in [0.25, 0.3) is 0 Å². The summed E-state index contributed by atoms with van der Waals surface area (Å²) >= 11 is 1.74. The summed E-state index contributed by atoms with van der Waals surface area (Å²) in [5.74, 6) is 1.40. The zero-order valence-electron chi connectivity index (χ0n) is 10.8. The number of halogens is 1. The molecule has 0 bridgehead atoms. The van der Waals surface area contributed by atoms with Crippen molar-refractivity contribution < 1.29 is 9.13 Å². The van der Waals surface area contributed by atoms with E-state index in [2.05, 4.69) is 11.0 Å². The number of hydrogen-bond donors (Lipinski definition) is 0. The van der Waals surface area contributed by atoms with Gasteiger partial charge in [0, 0.05) is 31.1 Å². The van der Waals surface area contributed by atoms with Crippen molar-refractivity contribution in [3.8, 4) is 6.07 Å². The molecule has 0 N–H and O–H groups in total. The summed E-state index contributed by atoms with van der Waals surface area (Å²) < 4.78 is 18.4. The Morgan fingerprint density at radius 2 is 2.16 bits per heavy atom. The fourth-order valence-electron chi connectivity index (χ4n) is 1.99. The SMILES string of the molecule is N#Cc1ccc(F)cc1CSCCN1CCOCC1. The highest BCUT2D eigenvalue weighted by molar-refractivity contribution is 7.98. The predicted molar refractivity (Wildman–Crippen MR) is 74.5 cm³/mol. The summed E-state index contributed by atoms with van der Waals surface area (Å²) in [7, 11) is 0. The second kappa shape index (κ2) is 7.49. The van der Waals surface area contributed by atoms with E-state index in [-0.39, 0.29) is 5.82 Å². The van der Waals surface area contributed by atoms with Gasteiger partial charge in [0.2, 0.25) is 0 Å². The average Bonchev–Trinajstić information content (AvgIpc) is 2.45. The molecule has 1 aromatic carbocycles. The van der Waals surface area contributed by atoms with Crippen LogP contribution >= 0.6 is 11.8 Å². The standard InChI is InChI=1S/C14H17FN2OS/c15-14-2-1-12(10-16)13(9-14)11-19-8-5-17-3-6-18-7-4-17/h1-2,9H,3-8,11H2. The van der Waals surface area contributed by atoms with Crippen molar-refractivity contribution in [2.75, 3.05) is 38.6 Å². The van der Waals surface area contributed by atoms with Crippen LogP contribution in [0.25, 0.3) is 0 Å². The molecule has 0 amide bonds. The highest BCUT2D eigenvalue weighted by Crippen LogP contribution is 2.17. The van der Waals surface area contributed by atoms with Gasteiger partial charge in [-0.2, -0.15) is 17.0 Å². The molecule has 0 saturated carbocycles. The lowest BCUT2D eigenvalue weighted by Crippen LogP contribution is -2.37. The van der Waals surface area contributed by atoms with Crippen LogP contribution in [0.4, 0.5) is 4.39 Å². The van der Waals surface area contributed by atoms with Gasteiger partial charge in [0.15, 0.2) is 0 Å². The predicted octanol–water partition coefficient (Wildman–Crippen LogP) is 2.26. The van der Waals surface area contributed by atoms with Gasteiger partial charge in [-0.05, 0) is 23.8 Å². The first-order chi connectivity index (χ1) is 9.29. The first kappa shape index (κ1) is 14.3. The number of hydrogen-bond acceptors (Lipinski definition) is 4.